The number of benzene rings is 2. The van der Waals surface area contributed by atoms with Gasteiger partial charge in [-0.1, -0.05) is 30.3 Å². The van der Waals surface area contributed by atoms with Crippen molar-refractivity contribution >= 4 is 15.7 Å². The topological polar surface area (TPSA) is 100.0 Å². The summed E-state index contributed by atoms with van der Waals surface area (Å²) in [6, 6.07) is 14.2. The van der Waals surface area contributed by atoms with Crippen LogP contribution in [0.25, 0.3) is 0 Å². The van der Waals surface area contributed by atoms with Gasteiger partial charge in [-0.05, 0) is 43.5 Å². The molecule has 190 valence electrons. The van der Waals surface area contributed by atoms with Gasteiger partial charge in [-0.2, -0.15) is 0 Å². The van der Waals surface area contributed by atoms with E-state index in [0.717, 1.165) is 12.8 Å². The summed E-state index contributed by atoms with van der Waals surface area (Å²) in [5.74, 6) is 0.810. The molecular formula is C26H29N3O6S. The molecule has 9 nitrogen and oxygen atoms in total. The van der Waals surface area contributed by atoms with E-state index in [-0.39, 0.29) is 36.3 Å². The molecule has 0 saturated carbocycles. The molecule has 1 aromatic heterocycles. The van der Waals surface area contributed by atoms with Crippen molar-refractivity contribution in [3.63, 3.8) is 0 Å². The van der Waals surface area contributed by atoms with Gasteiger partial charge < -0.3 is 23.7 Å². The number of imidazole rings is 1. The zero-order valence-electron chi connectivity index (χ0n) is 20.1. The number of aromatic nitrogens is 2. The highest BCUT2D eigenvalue weighted by atomic mass is 32.2. The fourth-order valence-electron chi connectivity index (χ4n) is 4.55. The molecule has 1 atom stereocenters. The van der Waals surface area contributed by atoms with E-state index in [1.807, 2.05) is 25.1 Å². The lowest BCUT2D eigenvalue weighted by atomic mass is 10.1. The van der Waals surface area contributed by atoms with Gasteiger partial charge in [-0.3, -0.25) is 4.79 Å². The molecule has 0 spiro atoms. The summed E-state index contributed by atoms with van der Waals surface area (Å²) in [4.78, 5) is 19.3. The van der Waals surface area contributed by atoms with Gasteiger partial charge in [0.2, 0.25) is 21.8 Å². The van der Waals surface area contributed by atoms with E-state index >= 15 is 0 Å². The first-order chi connectivity index (χ1) is 17.4. The molecule has 2 aliphatic rings. The predicted molar refractivity (Wildman–Crippen MR) is 132 cm³/mol. The van der Waals surface area contributed by atoms with Crippen molar-refractivity contribution in [3.8, 4) is 11.5 Å². The smallest absolute Gasteiger partial charge is 0.254 e. The van der Waals surface area contributed by atoms with Crippen molar-refractivity contribution in [2.75, 3.05) is 19.9 Å². The van der Waals surface area contributed by atoms with Crippen LogP contribution in [0.1, 0.15) is 41.4 Å². The highest BCUT2D eigenvalue weighted by Crippen LogP contribution is 2.33. The monoisotopic (exact) mass is 511 g/mol. The number of sulfone groups is 1. The van der Waals surface area contributed by atoms with Gasteiger partial charge in [-0.15, -0.1) is 0 Å². The van der Waals surface area contributed by atoms with Crippen molar-refractivity contribution in [2.24, 2.45) is 0 Å². The van der Waals surface area contributed by atoms with E-state index in [0.29, 0.717) is 48.0 Å². The van der Waals surface area contributed by atoms with Crippen LogP contribution in [0.3, 0.4) is 0 Å². The van der Waals surface area contributed by atoms with Crippen LogP contribution >= 0.6 is 0 Å². The molecule has 36 heavy (non-hydrogen) atoms. The van der Waals surface area contributed by atoms with Crippen molar-refractivity contribution in [2.45, 2.75) is 49.9 Å². The predicted octanol–water partition coefficient (Wildman–Crippen LogP) is 3.43. The maximum absolute atomic E-state index is 13.4. The highest BCUT2D eigenvalue weighted by Gasteiger charge is 2.28. The largest absolute Gasteiger partial charge is 0.454 e. The van der Waals surface area contributed by atoms with E-state index in [1.54, 1.807) is 46.0 Å². The molecule has 0 N–H and O–H groups in total. The van der Waals surface area contributed by atoms with Crippen LogP contribution in [0.5, 0.6) is 11.5 Å². The normalized spacial score (nSPS) is 16.9. The Bertz CT molecular complexity index is 1330. The fourth-order valence-corrected chi connectivity index (χ4v) is 6.05. The Morgan fingerprint density at radius 2 is 1.94 bits per heavy atom. The number of rotatable bonds is 9. The Morgan fingerprint density at radius 3 is 2.69 bits per heavy atom. The molecule has 0 bridgehead atoms. The molecule has 1 fully saturated rings. The number of hydrogen-bond acceptors (Lipinski definition) is 7. The molecule has 10 heteroatoms. The van der Waals surface area contributed by atoms with E-state index in [2.05, 4.69) is 4.98 Å². The molecule has 5 rings (SSSR count). The second kappa shape index (κ2) is 10.3. The fraction of sp³-hybridized carbons (Fsp3) is 0.385. The van der Waals surface area contributed by atoms with E-state index < -0.39 is 9.84 Å². The van der Waals surface area contributed by atoms with Gasteiger partial charge in [-0.25, -0.2) is 13.4 Å². The summed E-state index contributed by atoms with van der Waals surface area (Å²) < 4.78 is 45.1. The SMILES string of the molecule is CCN(Cc1cnc(S(=O)(=O)Cc2ccccc2)n1C[C@@H]1CCCO1)C(=O)c1ccc2c(c1)OCO2. The van der Waals surface area contributed by atoms with Crippen LogP contribution in [0.4, 0.5) is 0 Å². The Morgan fingerprint density at radius 1 is 1.14 bits per heavy atom. The Labute approximate surface area is 210 Å². The standard InChI is InChI=1S/C26H29N3O6S/c1-2-28(25(30)20-10-11-23-24(13-20)35-18-34-23)15-21-14-27-26(29(21)16-22-9-6-12-33-22)36(31,32)17-19-7-4-3-5-8-19/h3-5,7-8,10-11,13-14,22H,2,6,9,12,15-18H2,1H3/t22-/m0/s1. The number of carbonyl (C=O) groups excluding carboxylic acids is 1. The molecule has 0 unspecified atom stereocenters. The summed E-state index contributed by atoms with van der Waals surface area (Å²) in [5.41, 5.74) is 1.81. The van der Waals surface area contributed by atoms with Gasteiger partial charge in [0, 0.05) is 18.7 Å². The minimum absolute atomic E-state index is 0.00318. The third kappa shape index (κ3) is 5.10. The number of ether oxygens (including phenoxy) is 3. The third-order valence-electron chi connectivity index (χ3n) is 6.43. The van der Waals surface area contributed by atoms with Crippen molar-refractivity contribution < 1.29 is 27.4 Å². The molecule has 1 amide bonds. The third-order valence-corrected chi connectivity index (χ3v) is 8.03. The Balaban J connectivity index is 1.43. The molecule has 2 aromatic carbocycles. The summed E-state index contributed by atoms with van der Waals surface area (Å²) in [6.07, 6.45) is 3.25. The van der Waals surface area contributed by atoms with E-state index in [1.165, 1.54) is 0 Å². The summed E-state index contributed by atoms with van der Waals surface area (Å²) in [7, 11) is -3.72. The molecule has 0 aliphatic carbocycles. The lowest BCUT2D eigenvalue weighted by Gasteiger charge is -2.23. The molecular weight excluding hydrogens is 482 g/mol. The minimum atomic E-state index is -3.72. The Kier molecular flexibility index (Phi) is 6.97. The lowest BCUT2D eigenvalue weighted by molar-refractivity contribution is 0.0741. The van der Waals surface area contributed by atoms with Gasteiger partial charge in [0.25, 0.3) is 5.91 Å². The van der Waals surface area contributed by atoms with Gasteiger partial charge in [0.15, 0.2) is 11.5 Å². The average Bonchev–Trinajstić information content (AvgIpc) is 3.64. The number of amides is 1. The molecule has 0 radical (unpaired) electrons. The summed E-state index contributed by atoms with van der Waals surface area (Å²) in [5, 5.41) is 0.00318. The van der Waals surface area contributed by atoms with Crippen LogP contribution < -0.4 is 9.47 Å². The van der Waals surface area contributed by atoms with Gasteiger partial charge >= 0.3 is 0 Å². The lowest BCUT2D eigenvalue weighted by Crippen LogP contribution is -2.32. The number of fused-ring (bicyclic) bond motifs is 1. The Hall–Kier alpha value is -3.37. The van der Waals surface area contributed by atoms with Crippen LogP contribution in [0.15, 0.2) is 59.9 Å². The van der Waals surface area contributed by atoms with Crippen LogP contribution in [0, 0.1) is 0 Å². The van der Waals surface area contributed by atoms with Crippen LogP contribution in [-0.4, -0.2) is 54.8 Å². The number of carbonyl (C=O) groups is 1. The van der Waals surface area contributed by atoms with Crippen LogP contribution in [-0.2, 0) is 33.4 Å². The quantitative estimate of drug-likeness (QED) is 0.434. The number of hydrogen-bond donors (Lipinski definition) is 0. The minimum Gasteiger partial charge on any atom is -0.454 e. The van der Waals surface area contributed by atoms with Crippen molar-refractivity contribution in [1.82, 2.24) is 14.5 Å². The van der Waals surface area contributed by atoms with Gasteiger partial charge in [0.1, 0.15) is 0 Å². The second-order valence-corrected chi connectivity index (χ2v) is 10.8. The second-order valence-electron chi connectivity index (χ2n) is 8.91. The first-order valence-corrected chi connectivity index (χ1v) is 13.7. The first kappa shape index (κ1) is 24.3. The highest BCUT2D eigenvalue weighted by molar-refractivity contribution is 7.90. The van der Waals surface area contributed by atoms with Crippen molar-refractivity contribution in [1.29, 1.82) is 0 Å². The first-order valence-electron chi connectivity index (χ1n) is 12.1. The zero-order valence-corrected chi connectivity index (χ0v) is 20.9. The van der Waals surface area contributed by atoms with Crippen molar-refractivity contribution in [3.05, 3.63) is 71.5 Å². The maximum atomic E-state index is 13.4. The molecule has 1 saturated heterocycles. The van der Waals surface area contributed by atoms with E-state index in [9.17, 15) is 13.2 Å². The maximum Gasteiger partial charge on any atom is 0.254 e. The van der Waals surface area contributed by atoms with Crippen LogP contribution in [0.2, 0.25) is 0 Å². The summed E-state index contributed by atoms with van der Waals surface area (Å²) in [6.45, 7) is 3.69. The molecule has 2 aliphatic heterocycles. The van der Waals surface area contributed by atoms with Gasteiger partial charge in [0.05, 0.1) is 36.8 Å². The van der Waals surface area contributed by atoms with E-state index in [4.69, 9.17) is 14.2 Å². The molecule has 3 aromatic rings. The summed E-state index contributed by atoms with van der Waals surface area (Å²) >= 11 is 0. The average molecular weight is 512 g/mol. The number of nitrogens with zero attached hydrogens (tertiary/aromatic N) is 3. The zero-order chi connectivity index (χ0) is 25.1. The molecule has 3 heterocycles.